The van der Waals surface area contributed by atoms with Crippen LogP contribution in [0.4, 0.5) is 13.2 Å². The Morgan fingerprint density at radius 2 is 1.94 bits per heavy atom. The number of carboxylic acids is 1. The predicted molar refractivity (Wildman–Crippen MR) is 52.7 cm³/mol. The van der Waals surface area contributed by atoms with Crippen LogP contribution in [0.15, 0.2) is 18.2 Å². The van der Waals surface area contributed by atoms with Gasteiger partial charge >= 0.3 is 12.1 Å². The molecule has 16 heavy (non-hydrogen) atoms. The van der Waals surface area contributed by atoms with Crippen molar-refractivity contribution in [3.63, 3.8) is 0 Å². The van der Waals surface area contributed by atoms with Gasteiger partial charge in [0.05, 0.1) is 5.56 Å². The molecule has 1 unspecified atom stereocenters. The van der Waals surface area contributed by atoms with E-state index in [1.54, 1.807) is 0 Å². The Bertz CT molecular complexity index is 418. The second kappa shape index (κ2) is 4.51. The minimum absolute atomic E-state index is 0.0659. The van der Waals surface area contributed by atoms with Crippen molar-refractivity contribution in [1.82, 2.24) is 0 Å². The van der Waals surface area contributed by atoms with Crippen molar-refractivity contribution in [2.45, 2.75) is 11.6 Å². The van der Waals surface area contributed by atoms with Gasteiger partial charge in [-0.2, -0.15) is 13.2 Å². The second-order valence-electron chi connectivity index (χ2n) is 2.93. The van der Waals surface area contributed by atoms with Crippen molar-refractivity contribution in [2.24, 2.45) is 0 Å². The van der Waals surface area contributed by atoms with Crippen LogP contribution in [-0.4, -0.2) is 11.1 Å². The lowest BCUT2D eigenvalue weighted by Gasteiger charge is -2.11. The van der Waals surface area contributed by atoms with E-state index in [1.807, 2.05) is 0 Å². The van der Waals surface area contributed by atoms with E-state index in [9.17, 15) is 18.0 Å². The van der Waals surface area contributed by atoms with Crippen molar-refractivity contribution in [3.8, 4) is 0 Å². The van der Waals surface area contributed by atoms with Crippen LogP contribution in [0, 0.1) is 0 Å². The largest absolute Gasteiger partial charge is 0.480 e. The highest BCUT2D eigenvalue weighted by molar-refractivity contribution is 6.35. The Kier molecular flexibility index (Phi) is 3.70. The zero-order valence-corrected chi connectivity index (χ0v) is 9.07. The Balaban J connectivity index is 3.15. The van der Waals surface area contributed by atoms with Gasteiger partial charge in [0.2, 0.25) is 0 Å². The maximum Gasteiger partial charge on any atom is 0.416 e. The molecular weight excluding hydrogens is 268 g/mol. The Morgan fingerprint density at radius 1 is 1.38 bits per heavy atom. The summed E-state index contributed by atoms with van der Waals surface area (Å²) >= 11 is 11.0. The summed E-state index contributed by atoms with van der Waals surface area (Å²) in [6, 6.07) is 2.34. The van der Waals surface area contributed by atoms with Gasteiger partial charge in [0, 0.05) is 5.02 Å². The first-order valence-electron chi connectivity index (χ1n) is 3.97. The van der Waals surface area contributed by atoms with Gasteiger partial charge in [0.15, 0.2) is 5.38 Å². The van der Waals surface area contributed by atoms with Crippen LogP contribution in [0.3, 0.4) is 0 Å². The first-order chi connectivity index (χ1) is 7.23. The number of rotatable bonds is 2. The Labute approximate surface area is 98.6 Å². The van der Waals surface area contributed by atoms with Crippen LogP contribution in [0.25, 0.3) is 0 Å². The summed E-state index contributed by atoms with van der Waals surface area (Å²) in [6.07, 6.45) is -4.52. The maximum absolute atomic E-state index is 12.3. The zero-order valence-electron chi connectivity index (χ0n) is 7.55. The van der Waals surface area contributed by atoms with E-state index in [4.69, 9.17) is 28.3 Å². The van der Waals surface area contributed by atoms with E-state index in [0.29, 0.717) is 6.07 Å². The molecule has 0 aliphatic carbocycles. The van der Waals surface area contributed by atoms with Crippen LogP contribution < -0.4 is 0 Å². The van der Waals surface area contributed by atoms with Crippen LogP contribution in [0.5, 0.6) is 0 Å². The van der Waals surface area contributed by atoms with Gasteiger partial charge in [0.1, 0.15) is 0 Å². The molecule has 1 atom stereocenters. The molecule has 0 radical (unpaired) electrons. The number of alkyl halides is 4. The van der Waals surface area contributed by atoms with E-state index in [1.165, 1.54) is 0 Å². The van der Waals surface area contributed by atoms with Crippen molar-refractivity contribution < 1.29 is 23.1 Å². The summed E-state index contributed by atoms with van der Waals surface area (Å²) in [4.78, 5) is 10.5. The van der Waals surface area contributed by atoms with Crippen LogP contribution in [0.2, 0.25) is 5.02 Å². The lowest BCUT2D eigenvalue weighted by molar-refractivity contribution is -0.137. The Hall–Kier alpha value is -0.940. The van der Waals surface area contributed by atoms with Gasteiger partial charge in [-0.05, 0) is 17.7 Å². The highest BCUT2D eigenvalue weighted by atomic mass is 35.5. The SMILES string of the molecule is O=C(O)C(Cl)c1ccc(C(F)(F)F)cc1Cl. The highest BCUT2D eigenvalue weighted by Gasteiger charge is 2.31. The molecule has 1 aromatic carbocycles. The van der Waals surface area contributed by atoms with E-state index < -0.39 is 23.1 Å². The van der Waals surface area contributed by atoms with Gasteiger partial charge in [-0.1, -0.05) is 17.7 Å². The lowest BCUT2D eigenvalue weighted by atomic mass is 10.1. The molecule has 0 heterocycles. The molecule has 0 fully saturated rings. The molecule has 0 saturated heterocycles. The first-order valence-corrected chi connectivity index (χ1v) is 4.78. The topological polar surface area (TPSA) is 37.3 Å². The molecule has 88 valence electrons. The van der Waals surface area contributed by atoms with E-state index in [-0.39, 0.29) is 10.6 Å². The van der Waals surface area contributed by atoms with Gasteiger partial charge in [-0.25, -0.2) is 0 Å². The highest BCUT2D eigenvalue weighted by Crippen LogP contribution is 2.35. The number of aliphatic carboxylic acids is 1. The molecule has 2 nitrogen and oxygen atoms in total. The summed E-state index contributed by atoms with van der Waals surface area (Å²) in [5.74, 6) is -1.37. The summed E-state index contributed by atoms with van der Waals surface area (Å²) in [5.41, 5.74) is -1.01. The van der Waals surface area contributed by atoms with Crippen LogP contribution in [0.1, 0.15) is 16.5 Å². The summed E-state index contributed by atoms with van der Waals surface area (Å²) < 4.78 is 36.8. The van der Waals surface area contributed by atoms with E-state index >= 15 is 0 Å². The molecule has 0 aromatic heterocycles. The number of halogens is 5. The number of carboxylic acid groups (broad SMARTS) is 1. The minimum atomic E-state index is -4.52. The average molecular weight is 273 g/mol. The fraction of sp³-hybridized carbons (Fsp3) is 0.222. The number of hydrogen-bond donors (Lipinski definition) is 1. The number of hydrogen-bond acceptors (Lipinski definition) is 1. The van der Waals surface area contributed by atoms with Crippen LogP contribution >= 0.6 is 23.2 Å². The summed E-state index contributed by atoms with van der Waals surface area (Å²) in [7, 11) is 0. The zero-order chi connectivity index (χ0) is 12.5. The third kappa shape index (κ3) is 2.80. The van der Waals surface area contributed by atoms with Crippen molar-refractivity contribution in [1.29, 1.82) is 0 Å². The summed E-state index contributed by atoms with van der Waals surface area (Å²) in [5, 5.41) is 6.79. The fourth-order valence-corrected chi connectivity index (χ4v) is 1.58. The number of carbonyl (C=O) groups is 1. The quantitative estimate of drug-likeness (QED) is 0.834. The molecule has 1 rings (SSSR count). The molecule has 1 aromatic rings. The van der Waals surface area contributed by atoms with E-state index in [2.05, 4.69) is 0 Å². The average Bonchev–Trinajstić information content (AvgIpc) is 2.15. The van der Waals surface area contributed by atoms with Gasteiger partial charge < -0.3 is 5.11 Å². The molecule has 0 aliphatic heterocycles. The van der Waals surface area contributed by atoms with Gasteiger partial charge in [0.25, 0.3) is 0 Å². The van der Waals surface area contributed by atoms with Crippen molar-refractivity contribution >= 4 is 29.2 Å². The third-order valence-corrected chi connectivity index (χ3v) is 2.57. The number of benzene rings is 1. The maximum atomic E-state index is 12.3. The predicted octanol–water partition coefficient (Wildman–Crippen LogP) is 3.72. The molecular formula is C9H5Cl2F3O2. The normalized spacial score (nSPS) is 13.6. The standard InChI is InChI=1S/C9H5Cl2F3O2/c10-6-3-4(9(12,13)14)1-2-5(6)7(11)8(15)16/h1-3,7H,(H,15,16). The monoisotopic (exact) mass is 272 g/mol. The van der Waals surface area contributed by atoms with Crippen LogP contribution in [-0.2, 0) is 11.0 Å². The Morgan fingerprint density at radius 3 is 2.31 bits per heavy atom. The van der Waals surface area contributed by atoms with Gasteiger partial charge in [-0.15, -0.1) is 11.6 Å². The first kappa shape index (κ1) is 13.1. The molecule has 0 bridgehead atoms. The molecule has 0 spiro atoms. The smallest absolute Gasteiger partial charge is 0.416 e. The molecule has 0 saturated carbocycles. The molecule has 7 heteroatoms. The minimum Gasteiger partial charge on any atom is -0.480 e. The second-order valence-corrected chi connectivity index (χ2v) is 3.78. The third-order valence-electron chi connectivity index (χ3n) is 1.82. The molecule has 1 N–H and O–H groups in total. The van der Waals surface area contributed by atoms with Gasteiger partial charge in [-0.3, -0.25) is 4.79 Å². The van der Waals surface area contributed by atoms with Crippen molar-refractivity contribution in [2.75, 3.05) is 0 Å². The lowest BCUT2D eigenvalue weighted by Crippen LogP contribution is -2.08. The molecule has 0 aliphatic rings. The fourth-order valence-electron chi connectivity index (χ4n) is 1.04. The summed E-state index contributed by atoms with van der Waals surface area (Å²) in [6.45, 7) is 0. The molecule has 0 amide bonds. The van der Waals surface area contributed by atoms with Crippen molar-refractivity contribution in [3.05, 3.63) is 34.3 Å². The van der Waals surface area contributed by atoms with E-state index in [0.717, 1.165) is 12.1 Å².